The predicted molar refractivity (Wildman–Crippen MR) is 63.0 cm³/mol. The number of nitrogens with zero attached hydrogens (tertiary/aromatic N) is 3. The molecule has 1 saturated heterocycles. The van der Waals surface area contributed by atoms with E-state index in [2.05, 4.69) is 9.88 Å². The van der Waals surface area contributed by atoms with Crippen molar-refractivity contribution >= 4 is 24.2 Å². The number of nitrogens with two attached hydrogens (primary N) is 1. The lowest BCUT2D eigenvalue weighted by Gasteiger charge is -2.27. The molecule has 1 aromatic rings. The van der Waals surface area contributed by atoms with E-state index in [9.17, 15) is 5.21 Å². The van der Waals surface area contributed by atoms with E-state index in [1.54, 1.807) is 0 Å². The fourth-order valence-electron chi connectivity index (χ4n) is 1.79. The summed E-state index contributed by atoms with van der Waals surface area (Å²) in [5.41, 5.74) is 5.44. The summed E-state index contributed by atoms with van der Waals surface area (Å²) in [6, 6.07) is 1.53. The lowest BCUT2D eigenvalue weighted by Crippen LogP contribution is -2.33. The molecular formula is C9H16ClN5O. The maximum atomic E-state index is 9.25. The summed E-state index contributed by atoms with van der Waals surface area (Å²) in [6.07, 6.45) is 3.53. The molecule has 0 spiro atoms. The monoisotopic (exact) mass is 245 g/mol. The first-order valence-electron chi connectivity index (χ1n) is 5.07. The minimum Gasteiger partial charge on any atom is -0.423 e. The summed E-state index contributed by atoms with van der Waals surface area (Å²) in [7, 11) is 0. The van der Waals surface area contributed by atoms with Crippen molar-refractivity contribution in [3.05, 3.63) is 11.6 Å². The Balaban J connectivity index is 0.00000128. The van der Waals surface area contributed by atoms with Crippen LogP contribution in [-0.4, -0.2) is 28.0 Å². The maximum Gasteiger partial charge on any atom is 0.238 e. The minimum absolute atomic E-state index is 0. The van der Waals surface area contributed by atoms with Crippen molar-refractivity contribution in [1.82, 2.24) is 9.71 Å². The van der Waals surface area contributed by atoms with Gasteiger partial charge in [0.2, 0.25) is 5.95 Å². The summed E-state index contributed by atoms with van der Waals surface area (Å²) in [5, 5.41) is 16.7. The number of hydrogen-bond acceptors (Lipinski definition) is 5. The van der Waals surface area contributed by atoms with Gasteiger partial charge in [-0.2, -0.15) is 4.98 Å². The Morgan fingerprint density at radius 3 is 2.50 bits per heavy atom. The van der Waals surface area contributed by atoms with Crippen LogP contribution in [-0.2, 0) is 0 Å². The molecule has 1 aliphatic heterocycles. The lowest BCUT2D eigenvalue weighted by molar-refractivity contribution is 0.174. The third-order valence-corrected chi connectivity index (χ3v) is 2.62. The summed E-state index contributed by atoms with van der Waals surface area (Å²) in [4.78, 5) is 6.15. The predicted octanol–water partition coefficient (Wildman–Crippen LogP) is 0.594. The molecule has 2 rings (SSSR count). The number of anilines is 2. The molecule has 1 aromatic heterocycles. The zero-order valence-corrected chi connectivity index (χ0v) is 9.70. The minimum atomic E-state index is -0.0388. The van der Waals surface area contributed by atoms with Crippen LogP contribution in [0.2, 0.25) is 0 Å². The molecule has 0 aliphatic carbocycles. The van der Waals surface area contributed by atoms with Crippen molar-refractivity contribution < 1.29 is 5.21 Å². The molecule has 1 aliphatic rings. The fraction of sp³-hybridized carbons (Fsp3) is 0.556. The molecule has 0 saturated carbocycles. The first-order valence-corrected chi connectivity index (χ1v) is 5.07. The van der Waals surface area contributed by atoms with Crippen molar-refractivity contribution in [2.24, 2.45) is 0 Å². The zero-order valence-electron chi connectivity index (χ0n) is 8.89. The van der Waals surface area contributed by atoms with Crippen LogP contribution in [0.1, 0.15) is 19.3 Å². The van der Waals surface area contributed by atoms with Gasteiger partial charge in [-0.1, -0.05) is 0 Å². The topological polar surface area (TPSA) is 91.2 Å². The third kappa shape index (κ3) is 2.38. The number of halogens is 1. The van der Waals surface area contributed by atoms with Crippen molar-refractivity contribution in [2.45, 2.75) is 19.3 Å². The second-order valence-corrected chi connectivity index (χ2v) is 3.72. The van der Waals surface area contributed by atoms with Crippen LogP contribution in [0.3, 0.4) is 0 Å². The van der Waals surface area contributed by atoms with Gasteiger partial charge < -0.3 is 15.8 Å². The van der Waals surface area contributed by atoms with Gasteiger partial charge in [0.15, 0.2) is 5.49 Å². The molecule has 90 valence electrons. The molecule has 16 heavy (non-hydrogen) atoms. The summed E-state index contributed by atoms with van der Waals surface area (Å²) in [5.74, 6) is 0.644. The van der Waals surface area contributed by atoms with Crippen LogP contribution in [0.4, 0.5) is 11.8 Å². The number of hydrogen-bond donors (Lipinski definition) is 3. The Morgan fingerprint density at radius 2 is 1.94 bits per heavy atom. The number of nitrogens with one attached hydrogen (secondary N) is 1. The van der Waals surface area contributed by atoms with Crippen LogP contribution in [0.15, 0.2) is 6.07 Å². The highest BCUT2D eigenvalue weighted by Gasteiger charge is 2.13. The van der Waals surface area contributed by atoms with Crippen LogP contribution < -0.4 is 16.1 Å². The van der Waals surface area contributed by atoms with Crippen molar-refractivity contribution in [1.29, 1.82) is 5.41 Å². The van der Waals surface area contributed by atoms with Gasteiger partial charge in [-0.25, -0.2) is 0 Å². The molecule has 0 bridgehead atoms. The summed E-state index contributed by atoms with van der Waals surface area (Å²) >= 11 is 0. The Labute approximate surface area is 99.6 Å². The van der Waals surface area contributed by atoms with E-state index in [-0.39, 0.29) is 23.8 Å². The molecule has 0 unspecified atom stereocenters. The maximum absolute atomic E-state index is 9.25. The molecule has 4 N–H and O–H groups in total. The van der Waals surface area contributed by atoms with Crippen LogP contribution in [0.5, 0.6) is 0 Å². The molecule has 0 amide bonds. The van der Waals surface area contributed by atoms with Crippen LogP contribution in [0.25, 0.3) is 0 Å². The van der Waals surface area contributed by atoms with E-state index in [0.717, 1.165) is 25.9 Å². The van der Waals surface area contributed by atoms with E-state index in [1.165, 1.54) is 12.5 Å². The van der Waals surface area contributed by atoms with Crippen molar-refractivity contribution in [3.63, 3.8) is 0 Å². The molecular weight excluding hydrogens is 230 g/mol. The highest BCUT2D eigenvalue weighted by Crippen LogP contribution is 2.16. The average Bonchev–Trinajstić information content (AvgIpc) is 2.26. The first kappa shape index (κ1) is 12.6. The van der Waals surface area contributed by atoms with Gasteiger partial charge in [0.05, 0.1) is 0 Å². The summed E-state index contributed by atoms with van der Waals surface area (Å²) < 4.78 is 0.577. The molecule has 0 atom stereocenters. The molecule has 6 nitrogen and oxygen atoms in total. The van der Waals surface area contributed by atoms with Crippen LogP contribution >= 0.6 is 12.4 Å². The van der Waals surface area contributed by atoms with E-state index in [0.29, 0.717) is 10.5 Å². The lowest BCUT2D eigenvalue weighted by atomic mass is 10.1. The van der Waals surface area contributed by atoms with Crippen molar-refractivity contribution in [3.8, 4) is 0 Å². The Kier molecular flexibility index (Phi) is 4.00. The molecule has 0 aromatic carbocycles. The molecule has 1 fully saturated rings. The SMILES string of the molecule is Cl.N=c1cc(N2CCCCC2)nc(N)n1O. The number of piperidine rings is 1. The van der Waals surface area contributed by atoms with E-state index in [1.807, 2.05) is 0 Å². The highest BCUT2D eigenvalue weighted by molar-refractivity contribution is 5.85. The van der Waals surface area contributed by atoms with Gasteiger partial charge in [-0.15, -0.1) is 17.1 Å². The van der Waals surface area contributed by atoms with Gasteiger partial charge in [-0.05, 0) is 19.3 Å². The van der Waals surface area contributed by atoms with Gasteiger partial charge in [0, 0.05) is 19.2 Å². The first-order chi connectivity index (χ1) is 7.18. The number of nitrogen functional groups attached to an aromatic ring is 1. The largest absolute Gasteiger partial charge is 0.423 e. The summed E-state index contributed by atoms with van der Waals surface area (Å²) in [6.45, 7) is 1.89. The number of rotatable bonds is 1. The van der Waals surface area contributed by atoms with Crippen molar-refractivity contribution in [2.75, 3.05) is 23.7 Å². The Morgan fingerprint density at radius 1 is 1.31 bits per heavy atom. The Hall–Kier alpha value is -1.43. The third-order valence-electron chi connectivity index (χ3n) is 2.62. The van der Waals surface area contributed by atoms with Crippen LogP contribution in [0, 0.1) is 5.41 Å². The van der Waals surface area contributed by atoms with Gasteiger partial charge in [0.1, 0.15) is 5.82 Å². The smallest absolute Gasteiger partial charge is 0.238 e. The Bertz CT molecular complexity index is 413. The highest BCUT2D eigenvalue weighted by atomic mass is 35.5. The molecule has 2 heterocycles. The standard InChI is InChI=1S/C9H15N5O.ClH/c10-7-6-8(12-9(11)14(7)15)13-4-2-1-3-5-13;/h6,10,15H,1-5H2,(H2,11,12);1H. The fourth-order valence-corrected chi connectivity index (χ4v) is 1.79. The normalized spacial score (nSPS) is 15.6. The molecule has 0 radical (unpaired) electrons. The van der Waals surface area contributed by atoms with Gasteiger partial charge in [0.25, 0.3) is 0 Å². The van der Waals surface area contributed by atoms with Gasteiger partial charge >= 0.3 is 0 Å². The number of aromatic nitrogens is 2. The molecule has 7 heteroatoms. The van der Waals surface area contributed by atoms with E-state index in [4.69, 9.17) is 11.1 Å². The van der Waals surface area contributed by atoms with E-state index >= 15 is 0 Å². The van der Waals surface area contributed by atoms with Gasteiger partial charge in [-0.3, -0.25) is 5.41 Å². The second kappa shape index (κ2) is 5.07. The average molecular weight is 246 g/mol. The quantitative estimate of drug-likeness (QED) is 0.632. The zero-order chi connectivity index (χ0) is 10.8. The van der Waals surface area contributed by atoms with E-state index < -0.39 is 0 Å². The second-order valence-electron chi connectivity index (χ2n) is 3.72.